The van der Waals surface area contributed by atoms with Crippen LogP contribution < -0.4 is 4.74 Å². The highest BCUT2D eigenvalue weighted by Gasteiger charge is 2.11. The fourth-order valence-corrected chi connectivity index (χ4v) is 2.63. The number of carbonyl (C=O) groups is 1. The zero-order chi connectivity index (χ0) is 14.7. The summed E-state index contributed by atoms with van der Waals surface area (Å²) in [6, 6.07) is 5.82. The monoisotopic (exact) mass is 337 g/mol. The lowest BCUT2D eigenvalue weighted by Gasteiger charge is -2.11. The fraction of sp³-hybridized carbons (Fsp3) is 0.333. The molecular formula is C15H16BrNO3. The van der Waals surface area contributed by atoms with Crippen LogP contribution in [0.25, 0.3) is 10.9 Å². The van der Waals surface area contributed by atoms with Crippen LogP contribution in [0.4, 0.5) is 0 Å². The summed E-state index contributed by atoms with van der Waals surface area (Å²) in [5.74, 6) is 0.270. The minimum atomic E-state index is -0.373. The molecular weight excluding hydrogens is 322 g/mol. The van der Waals surface area contributed by atoms with E-state index >= 15 is 0 Å². The molecule has 4 nitrogen and oxygen atoms in total. The predicted octanol–water partition coefficient (Wildman–Crippen LogP) is 3.56. The highest BCUT2D eigenvalue weighted by atomic mass is 79.9. The van der Waals surface area contributed by atoms with E-state index in [-0.39, 0.29) is 12.6 Å². The van der Waals surface area contributed by atoms with Crippen LogP contribution in [0.1, 0.15) is 18.2 Å². The average molecular weight is 338 g/mol. The van der Waals surface area contributed by atoms with Crippen molar-refractivity contribution < 1.29 is 14.3 Å². The Balaban J connectivity index is 2.39. The van der Waals surface area contributed by atoms with Gasteiger partial charge in [0.1, 0.15) is 5.75 Å². The highest BCUT2D eigenvalue weighted by molar-refractivity contribution is 9.10. The maximum atomic E-state index is 11.4. The Bertz CT molecular complexity index is 655. The third-order valence-corrected chi connectivity index (χ3v) is 3.36. The first-order valence-electron chi connectivity index (χ1n) is 6.37. The maximum Gasteiger partial charge on any atom is 0.344 e. The van der Waals surface area contributed by atoms with Crippen molar-refractivity contribution in [2.45, 2.75) is 20.8 Å². The van der Waals surface area contributed by atoms with Crippen molar-refractivity contribution in [3.05, 3.63) is 33.9 Å². The van der Waals surface area contributed by atoms with E-state index in [9.17, 15) is 4.79 Å². The number of nitrogens with zero attached hydrogens (tertiary/aromatic N) is 1. The van der Waals surface area contributed by atoms with Crippen LogP contribution in [0.5, 0.6) is 5.75 Å². The van der Waals surface area contributed by atoms with Gasteiger partial charge in [0.2, 0.25) is 0 Å². The van der Waals surface area contributed by atoms with Crippen molar-refractivity contribution in [1.82, 2.24) is 4.98 Å². The van der Waals surface area contributed by atoms with Gasteiger partial charge in [0, 0.05) is 21.6 Å². The van der Waals surface area contributed by atoms with Gasteiger partial charge in [0.05, 0.1) is 12.1 Å². The Morgan fingerprint density at radius 2 is 2.05 bits per heavy atom. The first-order chi connectivity index (χ1) is 9.51. The molecule has 0 aliphatic heterocycles. The third-order valence-electron chi connectivity index (χ3n) is 2.75. The Hall–Kier alpha value is -1.62. The molecule has 106 valence electrons. The maximum absolute atomic E-state index is 11.4. The molecule has 0 atom stereocenters. The van der Waals surface area contributed by atoms with Gasteiger partial charge in [-0.25, -0.2) is 4.79 Å². The molecule has 20 heavy (non-hydrogen) atoms. The number of hydrogen-bond donors (Lipinski definition) is 0. The first-order valence-corrected chi connectivity index (χ1v) is 7.16. The lowest BCUT2D eigenvalue weighted by Crippen LogP contribution is -2.14. The van der Waals surface area contributed by atoms with E-state index < -0.39 is 0 Å². The standard InChI is InChI=1S/C15H16BrNO3/c1-4-19-14(18)8-20-13-7-10(3)17-15-11(13)5-9(2)6-12(15)16/h5-7H,4,8H2,1-3H3. The van der Waals surface area contributed by atoms with Gasteiger partial charge >= 0.3 is 5.97 Å². The van der Waals surface area contributed by atoms with E-state index in [4.69, 9.17) is 9.47 Å². The van der Waals surface area contributed by atoms with Crippen molar-refractivity contribution >= 4 is 32.8 Å². The lowest BCUT2D eigenvalue weighted by atomic mass is 10.1. The quantitative estimate of drug-likeness (QED) is 0.800. The number of hydrogen-bond acceptors (Lipinski definition) is 4. The molecule has 0 saturated carbocycles. The molecule has 5 heteroatoms. The van der Waals surface area contributed by atoms with Crippen LogP contribution in [-0.4, -0.2) is 24.2 Å². The van der Waals surface area contributed by atoms with Crippen molar-refractivity contribution in [2.75, 3.05) is 13.2 Å². The number of aryl methyl sites for hydroxylation is 2. The zero-order valence-corrected chi connectivity index (χ0v) is 13.3. The average Bonchev–Trinajstić information content (AvgIpc) is 2.37. The van der Waals surface area contributed by atoms with Crippen molar-refractivity contribution in [2.24, 2.45) is 0 Å². The van der Waals surface area contributed by atoms with Gasteiger partial charge in [-0.2, -0.15) is 0 Å². The van der Waals surface area contributed by atoms with E-state index in [0.29, 0.717) is 12.4 Å². The number of esters is 1. The van der Waals surface area contributed by atoms with Crippen LogP contribution in [0, 0.1) is 13.8 Å². The molecule has 0 unspecified atom stereocenters. The zero-order valence-electron chi connectivity index (χ0n) is 11.7. The molecule has 1 heterocycles. The summed E-state index contributed by atoms with van der Waals surface area (Å²) in [6.07, 6.45) is 0. The number of benzene rings is 1. The minimum Gasteiger partial charge on any atom is -0.481 e. The van der Waals surface area contributed by atoms with Crippen molar-refractivity contribution in [3.63, 3.8) is 0 Å². The smallest absolute Gasteiger partial charge is 0.344 e. The summed E-state index contributed by atoms with van der Waals surface area (Å²) in [4.78, 5) is 15.9. The number of carbonyl (C=O) groups excluding carboxylic acids is 1. The second-order valence-electron chi connectivity index (χ2n) is 4.50. The molecule has 0 bridgehead atoms. The number of aromatic nitrogens is 1. The highest BCUT2D eigenvalue weighted by Crippen LogP contribution is 2.31. The van der Waals surface area contributed by atoms with E-state index in [1.165, 1.54) is 0 Å². The summed E-state index contributed by atoms with van der Waals surface area (Å²) in [5.41, 5.74) is 2.76. The summed E-state index contributed by atoms with van der Waals surface area (Å²) in [7, 11) is 0. The van der Waals surface area contributed by atoms with Gasteiger partial charge < -0.3 is 9.47 Å². The molecule has 0 saturated heterocycles. The lowest BCUT2D eigenvalue weighted by molar-refractivity contribution is -0.145. The van der Waals surface area contributed by atoms with Gasteiger partial charge in [-0.15, -0.1) is 0 Å². The molecule has 2 aromatic rings. The Kier molecular flexibility index (Phi) is 4.60. The Morgan fingerprint density at radius 1 is 1.30 bits per heavy atom. The number of pyridine rings is 1. The van der Waals surface area contributed by atoms with Crippen molar-refractivity contribution in [3.8, 4) is 5.75 Å². The van der Waals surface area contributed by atoms with Crippen LogP contribution in [0.15, 0.2) is 22.7 Å². The van der Waals surface area contributed by atoms with E-state index in [0.717, 1.165) is 26.6 Å². The summed E-state index contributed by atoms with van der Waals surface area (Å²) in [5, 5.41) is 0.881. The second kappa shape index (κ2) is 6.22. The van der Waals surface area contributed by atoms with E-state index in [1.54, 1.807) is 6.92 Å². The molecule has 0 spiro atoms. The van der Waals surface area contributed by atoms with Gasteiger partial charge in [0.15, 0.2) is 6.61 Å². The Morgan fingerprint density at radius 3 is 2.75 bits per heavy atom. The van der Waals surface area contributed by atoms with Crippen LogP contribution >= 0.6 is 15.9 Å². The molecule has 0 radical (unpaired) electrons. The third kappa shape index (κ3) is 3.28. The molecule has 2 rings (SSSR count). The van der Waals surface area contributed by atoms with Crippen molar-refractivity contribution in [1.29, 1.82) is 0 Å². The van der Waals surface area contributed by atoms with Gasteiger partial charge in [-0.1, -0.05) is 0 Å². The predicted molar refractivity (Wildman–Crippen MR) is 81.0 cm³/mol. The molecule has 1 aromatic heterocycles. The number of halogens is 1. The second-order valence-corrected chi connectivity index (χ2v) is 5.35. The largest absolute Gasteiger partial charge is 0.481 e. The van der Waals surface area contributed by atoms with Crippen LogP contribution in [0.2, 0.25) is 0 Å². The molecule has 0 aliphatic rings. The van der Waals surface area contributed by atoms with Gasteiger partial charge in [0.25, 0.3) is 0 Å². The van der Waals surface area contributed by atoms with Gasteiger partial charge in [-0.3, -0.25) is 4.98 Å². The van der Waals surface area contributed by atoms with E-state index in [2.05, 4.69) is 20.9 Å². The normalized spacial score (nSPS) is 10.6. The topological polar surface area (TPSA) is 48.4 Å². The van der Waals surface area contributed by atoms with E-state index in [1.807, 2.05) is 32.0 Å². The molecule has 0 N–H and O–H groups in total. The molecule has 0 aliphatic carbocycles. The number of ether oxygens (including phenoxy) is 2. The molecule has 0 amide bonds. The molecule has 1 aromatic carbocycles. The number of fused-ring (bicyclic) bond motifs is 1. The Labute approximate surface area is 126 Å². The fourth-order valence-electron chi connectivity index (χ4n) is 1.97. The van der Waals surface area contributed by atoms with Crippen LogP contribution in [-0.2, 0) is 9.53 Å². The SMILES string of the molecule is CCOC(=O)COc1cc(C)nc2c(Br)cc(C)cc12. The summed E-state index contributed by atoms with van der Waals surface area (Å²) in [6.45, 7) is 5.91. The summed E-state index contributed by atoms with van der Waals surface area (Å²) < 4.78 is 11.4. The summed E-state index contributed by atoms with van der Waals surface area (Å²) >= 11 is 3.51. The van der Waals surface area contributed by atoms with Gasteiger partial charge in [-0.05, 0) is 54.4 Å². The van der Waals surface area contributed by atoms with Crippen LogP contribution in [0.3, 0.4) is 0 Å². The molecule has 0 fully saturated rings. The minimum absolute atomic E-state index is 0.0993. The number of rotatable bonds is 4. The first kappa shape index (κ1) is 14.8.